The van der Waals surface area contributed by atoms with Gasteiger partial charge < -0.3 is 5.32 Å². The van der Waals surface area contributed by atoms with Gasteiger partial charge >= 0.3 is 0 Å². The second-order valence-electron chi connectivity index (χ2n) is 6.54. The zero-order valence-corrected chi connectivity index (χ0v) is 17.4. The van der Waals surface area contributed by atoms with Crippen molar-refractivity contribution < 1.29 is 23.1 Å². The van der Waals surface area contributed by atoms with Crippen LogP contribution < -0.4 is 9.62 Å². The predicted molar refractivity (Wildman–Crippen MR) is 116 cm³/mol. The molecular formula is C20H16N4O7S. The minimum atomic E-state index is -3.85. The smallest absolute Gasteiger partial charge is 0.277 e. The van der Waals surface area contributed by atoms with E-state index in [0.717, 1.165) is 22.5 Å². The molecule has 0 aliphatic heterocycles. The van der Waals surface area contributed by atoms with Gasteiger partial charge in [0.25, 0.3) is 27.3 Å². The van der Waals surface area contributed by atoms with Gasteiger partial charge in [0, 0.05) is 24.9 Å². The first kappa shape index (κ1) is 22.4. The van der Waals surface area contributed by atoms with Crippen molar-refractivity contribution in [2.45, 2.75) is 4.90 Å². The van der Waals surface area contributed by atoms with Crippen molar-refractivity contribution >= 4 is 38.7 Å². The molecule has 0 radical (unpaired) electrons. The van der Waals surface area contributed by atoms with Crippen molar-refractivity contribution in [1.29, 1.82) is 0 Å². The molecule has 0 aliphatic rings. The van der Waals surface area contributed by atoms with E-state index in [2.05, 4.69) is 5.32 Å². The summed E-state index contributed by atoms with van der Waals surface area (Å²) in [7, 11) is -2.44. The number of nitro benzene ring substituents is 2. The SMILES string of the molecule is CN(c1ccccc1)S(=O)(=O)c1ccc(NC(=O)c2cc([N+](=O)[O-])cc([N+](=O)[O-])c2)cc1. The van der Waals surface area contributed by atoms with Gasteiger partial charge in [0.15, 0.2) is 0 Å². The van der Waals surface area contributed by atoms with Crippen LogP contribution in [0.5, 0.6) is 0 Å². The van der Waals surface area contributed by atoms with Crippen molar-refractivity contribution in [1.82, 2.24) is 0 Å². The molecule has 0 atom stereocenters. The number of carbonyl (C=O) groups excluding carboxylic acids is 1. The van der Waals surface area contributed by atoms with Crippen LogP contribution in [0, 0.1) is 20.2 Å². The van der Waals surface area contributed by atoms with E-state index in [0.29, 0.717) is 5.69 Å². The Morgan fingerprint density at radius 1 is 0.875 bits per heavy atom. The number of hydrogen-bond acceptors (Lipinski definition) is 7. The standard InChI is InChI=1S/C20H16N4O7S/c1-22(16-5-3-2-4-6-16)32(30,31)19-9-7-15(8-10-19)21-20(25)14-11-17(23(26)27)13-18(12-14)24(28)29/h2-13H,1H3,(H,21,25). The summed E-state index contributed by atoms with van der Waals surface area (Å²) in [6.07, 6.45) is 0. The van der Waals surface area contributed by atoms with Crippen LogP contribution in [-0.4, -0.2) is 31.2 Å². The lowest BCUT2D eigenvalue weighted by atomic mass is 10.1. The van der Waals surface area contributed by atoms with Gasteiger partial charge in [-0.15, -0.1) is 0 Å². The first-order chi connectivity index (χ1) is 15.1. The highest BCUT2D eigenvalue weighted by atomic mass is 32.2. The summed E-state index contributed by atoms with van der Waals surface area (Å²) in [5, 5.41) is 24.4. The number of anilines is 2. The molecule has 12 heteroatoms. The van der Waals surface area contributed by atoms with Crippen molar-refractivity contribution in [3.05, 3.63) is 98.6 Å². The topological polar surface area (TPSA) is 153 Å². The molecule has 0 saturated carbocycles. The summed E-state index contributed by atoms with van der Waals surface area (Å²) in [5.41, 5.74) is -0.821. The Balaban J connectivity index is 1.82. The zero-order valence-electron chi connectivity index (χ0n) is 16.5. The Morgan fingerprint density at radius 3 is 1.91 bits per heavy atom. The maximum absolute atomic E-state index is 12.8. The van der Waals surface area contributed by atoms with E-state index >= 15 is 0 Å². The lowest BCUT2D eigenvalue weighted by molar-refractivity contribution is -0.394. The number of nitrogens with one attached hydrogen (secondary N) is 1. The molecule has 3 aromatic rings. The van der Waals surface area contributed by atoms with Crippen LogP contribution in [0.4, 0.5) is 22.7 Å². The molecule has 0 unspecified atom stereocenters. The summed E-state index contributed by atoms with van der Waals surface area (Å²) in [6.45, 7) is 0. The number of nitro groups is 2. The molecule has 0 saturated heterocycles. The van der Waals surface area contributed by atoms with Crippen molar-refractivity contribution in [2.24, 2.45) is 0 Å². The molecule has 1 amide bonds. The third-order valence-electron chi connectivity index (χ3n) is 4.48. The summed E-state index contributed by atoms with van der Waals surface area (Å²) >= 11 is 0. The Kier molecular flexibility index (Phi) is 6.16. The van der Waals surface area contributed by atoms with Crippen molar-refractivity contribution in [3.63, 3.8) is 0 Å². The number of sulfonamides is 1. The van der Waals surface area contributed by atoms with Gasteiger partial charge in [0.05, 0.1) is 32.1 Å². The average Bonchev–Trinajstić information content (AvgIpc) is 2.79. The van der Waals surface area contributed by atoms with Gasteiger partial charge in [-0.25, -0.2) is 8.42 Å². The minimum Gasteiger partial charge on any atom is -0.322 e. The van der Waals surface area contributed by atoms with Crippen LogP contribution in [0.2, 0.25) is 0 Å². The van der Waals surface area contributed by atoms with E-state index in [1.807, 2.05) is 0 Å². The highest BCUT2D eigenvalue weighted by Gasteiger charge is 2.22. The van der Waals surface area contributed by atoms with Crippen LogP contribution in [0.25, 0.3) is 0 Å². The molecular weight excluding hydrogens is 440 g/mol. The van der Waals surface area contributed by atoms with E-state index in [-0.39, 0.29) is 16.1 Å². The summed E-state index contributed by atoms with van der Waals surface area (Å²) in [4.78, 5) is 32.7. The molecule has 0 bridgehead atoms. The summed E-state index contributed by atoms with van der Waals surface area (Å²) < 4.78 is 26.7. The quantitative estimate of drug-likeness (QED) is 0.421. The normalized spacial score (nSPS) is 10.9. The third-order valence-corrected chi connectivity index (χ3v) is 6.28. The fraction of sp³-hybridized carbons (Fsp3) is 0.0500. The highest BCUT2D eigenvalue weighted by molar-refractivity contribution is 7.92. The molecule has 3 rings (SSSR count). The number of carbonyl (C=O) groups is 1. The number of benzene rings is 3. The molecule has 1 N–H and O–H groups in total. The van der Waals surface area contributed by atoms with Crippen molar-refractivity contribution in [2.75, 3.05) is 16.7 Å². The largest absolute Gasteiger partial charge is 0.322 e. The van der Waals surface area contributed by atoms with E-state index in [1.165, 1.54) is 31.3 Å². The average molecular weight is 456 g/mol. The lowest BCUT2D eigenvalue weighted by Gasteiger charge is -2.19. The van der Waals surface area contributed by atoms with E-state index in [4.69, 9.17) is 0 Å². The lowest BCUT2D eigenvalue weighted by Crippen LogP contribution is -2.26. The minimum absolute atomic E-state index is 0.0205. The Hall–Kier alpha value is -4.32. The second-order valence-corrected chi connectivity index (χ2v) is 8.51. The predicted octanol–water partition coefficient (Wildman–Crippen LogP) is 3.58. The van der Waals surface area contributed by atoms with Gasteiger partial charge in [0.1, 0.15) is 0 Å². The molecule has 0 spiro atoms. The fourth-order valence-electron chi connectivity index (χ4n) is 2.79. The van der Waals surface area contributed by atoms with Crippen LogP contribution in [0.3, 0.4) is 0 Å². The molecule has 164 valence electrons. The van der Waals surface area contributed by atoms with Crippen LogP contribution in [0.15, 0.2) is 77.7 Å². The van der Waals surface area contributed by atoms with Gasteiger partial charge in [-0.2, -0.15) is 0 Å². The van der Waals surface area contributed by atoms with Gasteiger partial charge in [-0.05, 0) is 36.4 Å². The molecule has 0 aliphatic carbocycles. The van der Waals surface area contributed by atoms with Crippen LogP contribution in [-0.2, 0) is 10.0 Å². The number of amides is 1. The van der Waals surface area contributed by atoms with Crippen LogP contribution >= 0.6 is 0 Å². The number of nitrogens with zero attached hydrogens (tertiary/aromatic N) is 3. The van der Waals surface area contributed by atoms with E-state index in [1.54, 1.807) is 30.3 Å². The van der Waals surface area contributed by atoms with Gasteiger partial charge in [0.2, 0.25) is 0 Å². The number of non-ortho nitro benzene ring substituents is 2. The van der Waals surface area contributed by atoms with Gasteiger partial charge in [-0.3, -0.25) is 29.3 Å². The van der Waals surface area contributed by atoms with Crippen LogP contribution in [0.1, 0.15) is 10.4 Å². The zero-order chi connectivity index (χ0) is 23.5. The number of rotatable bonds is 7. The maximum atomic E-state index is 12.8. The third kappa shape index (κ3) is 4.70. The molecule has 0 aromatic heterocycles. The van der Waals surface area contributed by atoms with E-state index in [9.17, 15) is 33.4 Å². The molecule has 0 fully saturated rings. The number of para-hydroxylation sites is 1. The Morgan fingerprint density at radius 2 is 1.41 bits per heavy atom. The molecule has 32 heavy (non-hydrogen) atoms. The molecule has 11 nitrogen and oxygen atoms in total. The Labute approximate surface area is 182 Å². The summed E-state index contributed by atoms with van der Waals surface area (Å²) in [5.74, 6) is -0.825. The monoisotopic (exact) mass is 456 g/mol. The Bertz CT molecular complexity index is 1260. The summed E-state index contributed by atoms with van der Waals surface area (Å²) in [6, 6.07) is 16.3. The maximum Gasteiger partial charge on any atom is 0.277 e. The first-order valence-electron chi connectivity index (χ1n) is 8.99. The first-order valence-corrected chi connectivity index (χ1v) is 10.4. The van der Waals surface area contributed by atoms with Crippen molar-refractivity contribution in [3.8, 4) is 0 Å². The van der Waals surface area contributed by atoms with E-state index < -0.39 is 37.2 Å². The number of hydrogen-bond donors (Lipinski definition) is 1. The molecule has 0 heterocycles. The van der Waals surface area contributed by atoms with Gasteiger partial charge in [-0.1, -0.05) is 18.2 Å². The highest BCUT2D eigenvalue weighted by Crippen LogP contribution is 2.25. The second kappa shape index (κ2) is 8.81. The molecule has 3 aromatic carbocycles. The fourth-order valence-corrected chi connectivity index (χ4v) is 3.98.